The highest BCUT2D eigenvalue weighted by Crippen LogP contribution is 2.26. The van der Waals surface area contributed by atoms with Crippen molar-refractivity contribution in [2.75, 3.05) is 19.3 Å². The van der Waals surface area contributed by atoms with E-state index < -0.39 is 0 Å². The van der Waals surface area contributed by atoms with Crippen LogP contribution in [0.2, 0.25) is 0 Å². The maximum atomic E-state index is 5.75. The lowest BCUT2D eigenvalue weighted by molar-refractivity contribution is 0.395. The van der Waals surface area contributed by atoms with Gasteiger partial charge in [-0.3, -0.25) is 0 Å². The Kier molecular flexibility index (Phi) is 4.74. The second kappa shape index (κ2) is 5.38. The minimum absolute atomic E-state index is 0.349. The van der Waals surface area contributed by atoms with Crippen LogP contribution in [0.4, 0.5) is 0 Å². The van der Waals surface area contributed by atoms with Crippen LogP contribution in [0.15, 0.2) is 0 Å². The highest BCUT2D eigenvalue weighted by molar-refractivity contribution is 7.99. The maximum Gasteiger partial charge on any atom is 0.0225 e. The van der Waals surface area contributed by atoms with Gasteiger partial charge in [-0.05, 0) is 45.4 Å². The van der Waals surface area contributed by atoms with Crippen LogP contribution in [0, 0.1) is 5.92 Å². The average Bonchev–Trinajstić information content (AvgIpc) is 2.62. The summed E-state index contributed by atoms with van der Waals surface area (Å²) < 4.78 is 0.349. The molecule has 2 atom stereocenters. The summed E-state index contributed by atoms with van der Waals surface area (Å²) in [5.41, 5.74) is 5.75. The van der Waals surface area contributed by atoms with Crippen LogP contribution >= 0.6 is 11.8 Å². The molecular weight excluding hydrogens is 192 g/mol. The maximum absolute atomic E-state index is 5.75. The van der Waals surface area contributed by atoms with Gasteiger partial charge < -0.3 is 11.1 Å². The van der Waals surface area contributed by atoms with Crippen molar-refractivity contribution >= 4 is 11.8 Å². The average molecular weight is 216 g/mol. The first-order valence-corrected chi connectivity index (χ1v) is 6.80. The van der Waals surface area contributed by atoms with E-state index in [1.165, 1.54) is 19.3 Å². The molecule has 0 spiro atoms. The van der Waals surface area contributed by atoms with Crippen LogP contribution in [-0.2, 0) is 0 Å². The molecule has 3 heteroatoms. The standard InChI is InChI=1S/C11H24N2S/c1-11(2,14-3)8-13-10-6-4-5-9(10)7-12/h9-10,13H,4-8,12H2,1-3H3. The van der Waals surface area contributed by atoms with Gasteiger partial charge in [0.15, 0.2) is 0 Å². The van der Waals surface area contributed by atoms with Crippen LogP contribution < -0.4 is 11.1 Å². The highest BCUT2D eigenvalue weighted by atomic mass is 32.2. The van der Waals surface area contributed by atoms with Crippen molar-refractivity contribution in [3.8, 4) is 0 Å². The molecule has 1 rings (SSSR count). The lowest BCUT2D eigenvalue weighted by Gasteiger charge is -2.27. The molecule has 1 aliphatic carbocycles. The molecule has 14 heavy (non-hydrogen) atoms. The summed E-state index contributed by atoms with van der Waals surface area (Å²) in [5, 5.41) is 3.67. The zero-order valence-corrected chi connectivity index (χ0v) is 10.5. The summed E-state index contributed by atoms with van der Waals surface area (Å²) in [6, 6.07) is 0.673. The molecule has 84 valence electrons. The van der Waals surface area contributed by atoms with Crippen molar-refractivity contribution in [1.82, 2.24) is 5.32 Å². The largest absolute Gasteiger partial charge is 0.330 e. The van der Waals surface area contributed by atoms with Gasteiger partial charge in [-0.1, -0.05) is 6.42 Å². The van der Waals surface area contributed by atoms with Gasteiger partial charge >= 0.3 is 0 Å². The molecule has 3 N–H and O–H groups in total. The monoisotopic (exact) mass is 216 g/mol. The SMILES string of the molecule is CSC(C)(C)CNC1CCCC1CN. The van der Waals surface area contributed by atoms with Gasteiger partial charge in [0, 0.05) is 17.3 Å². The minimum atomic E-state index is 0.349. The Balaban J connectivity index is 2.30. The number of thioether (sulfide) groups is 1. The molecule has 0 bridgehead atoms. The topological polar surface area (TPSA) is 38.0 Å². The molecule has 1 saturated carbocycles. The third kappa shape index (κ3) is 3.44. The number of nitrogens with two attached hydrogens (primary N) is 1. The molecular formula is C11H24N2S. The van der Waals surface area contributed by atoms with Gasteiger partial charge in [0.25, 0.3) is 0 Å². The van der Waals surface area contributed by atoms with Gasteiger partial charge in [0.2, 0.25) is 0 Å². The molecule has 0 aromatic heterocycles. The molecule has 1 fully saturated rings. The van der Waals surface area contributed by atoms with E-state index in [2.05, 4.69) is 25.4 Å². The predicted octanol–water partition coefficient (Wildman–Crippen LogP) is 1.84. The smallest absolute Gasteiger partial charge is 0.0225 e. The number of hydrogen-bond donors (Lipinski definition) is 2. The van der Waals surface area contributed by atoms with E-state index >= 15 is 0 Å². The van der Waals surface area contributed by atoms with Gasteiger partial charge in [-0.25, -0.2) is 0 Å². The summed E-state index contributed by atoms with van der Waals surface area (Å²) in [7, 11) is 0. The molecule has 0 aromatic rings. The molecule has 0 heterocycles. The van der Waals surface area contributed by atoms with Crippen LogP contribution in [0.5, 0.6) is 0 Å². The van der Waals surface area contributed by atoms with E-state index in [1.807, 2.05) is 11.8 Å². The second-order valence-corrected chi connectivity index (χ2v) is 6.39. The third-order valence-corrected chi connectivity index (χ3v) is 4.55. The van der Waals surface area contributed by atoms with Crippen LogP contribution in [0.1, 0.15) is 33.1 Å². The van der Waals surface area contributed by atoms with E-state index in [4.69, 9.17) is 5.73 Å². The quantitative estimate of drug-likeness (QED) is 0.736. The predicted molar refractivity (Wildman–Crippen MR) is 65.8 cm³/mol. The van der Waals surface area contributed by atoms with Crippen LogP contribution in [0.3, 0.4) is 0 Å². The lowest BCUT2D eigenvalue weighted by atomic mass is 10.0. The first-order chi connectivity index (χ1) is 6.59. The zero-order valence-electron chi connectivity index (χ0n) is 9.68. The first-order valence-electron chi connectivity index (χ1n) is 5.57. The van der Waals surface area contributed by atoms with E-state index in [-0.39, 0.29) is 0 Å². The van der Waals surface area contributed by atoms with Crippen molar-refractivity contribution in [3.05, 3.63) is 0 Å². The van der Waals surface area contributed by atoms with Crippen molar-refractivity contribution in [3.63, 3.8) is 0 Å². The summed E-state index contributed by atoms with van der Waals surface area (Å²) in [6.07, 6.45) is 6.15. The highest BCUT2D eigenvalue weighted by Gasteiger charge is 2.27. The molecule has 0 radical (unpaired) electrons. The summed E-state index contributed by atoms with van der Waals surface area (Å²) >= 11 is 1.93. The Bertz CT molecular complexity index is 171. The summed E-state index contributed by atoms with van der Waals surface area (Å²) in [6.45, 7) is 6.51. The van der Waals surface area contributed by atoms with Gasteiger partial charge in [-0.15, -0.1) is 0 Å². The van der Waals surface area contributed by atoms with Crippen molar-refractivity contribution < 1.29 is 0 Å². The second-order valence-electron chi connectivity index (χ2n) is 4.88. The Hall–Kier alpha value is 0.270. The van der Waals surface area contributed by atoms with Crippen molar-refractivity contribution in [2.45, 2.75) is 43.9 Å². The third-order valence-electron chi connectivity index (χ3n) is 3.30. The molecule has 0 saturated heterocycles. The van der Waals surface area contributed by atoms with E-state index in [9.17, 15) is 0 Å². The minimum Gasteiger partial charge on any atom is -0.330 e. The van der Waals surface area contributed by atoms with E-state index in [0.29, 0.717) is 16.7 Å². The Morgan fingerprint density at radius 1 is 1.43 bits per heavy atom. The van der Waals surface area contributed by atoms with Crippen molar-refractivity contribution in [2.24, 2.45) is 11.7 Å². The zero-order chi connectivity index (χ0) is 10.6. The van der Waals surface area contributed by atoms with Crippen LogP contribution in [0.25, 0.3) is 0 Å². The van der Waals surface area contributed by atoms with Crippen LogP contribution in [-0.4, -0.2) is 30.1 Å². The Labute approximate surface area is 92.4 Å². The first kappa shape index (κ1) is 12.3. The normalized spacial score (nSPS) is 28.3. The van der Waals surface area contributed by atoms with Gasteiger partial charge in [0.1, 0.15) is 0 Å². The van der Waals surface area contributed by atoms with Gasteiger partial charge in [-0.2, -0.15) is 11.8 Å². The fourth-order valence-corrected chi connectivity index (χ4v) is 2.26. The molecule has 2 nitrogen and oxygen atoms in total. The van der Waals surface area contributed by atoms with E-state index in [1.54, 1.807) is 0 Å². The fraction of sp³-hybridized carbons (Fsp3) is 1.00. The number of nitrogens with one attached hydrogen (secondary N) is 1. The molecule has 0 aliphatic heterocycles. The number of hydrogen-bond acceptors (Lipinski definition) is 3. The Morgan fingerprint density at radius 3 is 2.71 bits per heavy atom. The number of rotatable bonds is 5. The van der Waals surface area contributed by atoms with Crippen molar-refractivity contribution in [1.29, 1.82) is 0 Å². The summed E-state index contributed by atoms with van der Waals surface area (Å²) in [5.74, 6) is 0.715. The summed E-state index contributed by atoms with van der Waals surface area (Å²) in [4.78, 5) is 0. The molecule has 2 unspecified atom stereocenters. The van der Waals surface area contributed by atoms with E-state index in [0.717, 1.165) is 13.1 Å². The molecule has 0 amide bonds. The molecule has 0 aromatic carbocycles. The van der Waals surface area contributed by atoms with Gasteiger partial charge in [0.05, 0.1) is 0 Å². The lowest BCUT2D eigenvalue weighted by Crippen LogP contribution is -2.42. The molecule has 1 aliphatic rings. The Morgan fingerprint density at radius 2 is 2.14 bits per heavy atom. The fourth-order valence-electron chi connectivity index (χ4n) is 2.04.